The highest BCUT2D eigenvalue weighted by Crippen LogP contribution is 2.20. The smallest absolute Gasteiger partial charge is 0.269 e. The molecule has 1 aliphatic heterocycles. The minimum atomic E-state index is -0.293. The Kier molecular flexibility index (Phi) is 5.62. The van der Waals surface area contributed by atoms with Crippen molar-refractivity contribution in [1.82, 2.24) is 30.3 Å². The van der Waals surface area contributed by atoms with Crippen LogP contribution in [0.2, 0.25) is 0 Å². The van der Waals surface area contributed by atoms with E-state index in [-0.39, 0.29) is 23.8 Å². The molecule has 0 radical (unpaired) electrons. The summed E-state index contributed by atoms with van der Waals surface area (Å²) >= 11 is 0. The van der Waals surface area contributed by atoms with E-state index in [4.69, 9.17) is 0 Å². The summed E-state index contributed by atoms with van der Waals surface area (Å²) in [6.45, 7) is 4.45. The van der Waals surface area contributed by atoms with Gasteiger partial charge in [-0.05, 0) is 24.6 Å². The summed E-state index contributed by atoms with van der Waals surface area (Å²) in [5, 5.41) is 9.85. The van der Waals surface area contributed by atoms with E-state index >= 15 is 0 Å². The van der Waals surface area contributed by atoms with Gasteiger partial charge in [0.2, 0.25) is 5.91 Å². The van der Waals surface area contributed by atoms with Crippen molar-refractivity contribution in [3.8, 4) is 0 Å². The van der Waals surface area contributed by atoms with Gasteiger partial charge in [-0.2, -0.15) is 5.10 Å². The fourth-order valence-electron chi connectivity index (χ4n) is 3.38. The zero-order chi connectivity index (χ0) is 18.5. The molecule has 0 spiro atoms. The molecule has 3 heterocycles. The summed E-state index contributed by atoms with van der Waals surface area (Å²) in [7, 11) is 1.62. The first-order valence-corrected chi connectivity index (χ1v) is 8.78. The van der Waals surface area contributed by atoms with Crippen LogP contribution in [0.1, 0.15) is 23.0 Å². The zero-order valence-electron chi connectivity index (χ0n) is 15.1. The Morgan fingerprint density at radius 1 is 1.27 bits per heavy atom. The third kappa shape index (κ3) is 3.91. The van der Waals surface area contributed by atoms with Crippen molar-refractivity contribution in [3.05, 3.63) is 48.0 Å². The molecule has 2 aromatic rings. The number of hydrogen-bond acceptors (Lipinski definition) is 5. The van der Waals surface area contributed by atoms with Crippen molar-refractivity contribution in [1.29, 1.82) is 0 Å². The van der Waals surface area contributed by atoms with E-state index in [0.29, 0.717) is 31.9 Å². The van der Waals surface area contributed by atoms with Crippen LogP contribution < -0.4 is 10.6 Å². The summed E-state index contributed by atoms with van der Waals surface area (Å²) < 4.78 is 1.65. The molecule has 1 aliphatic rings. The lowest BCUT2D eigenvalue weighted by atomic mass is 10.0. The van der Waals surface area contributed by atoms with Crippen LogP contribution in [-0.4, -0.2) is 57.7 Å². The van der Waals surface area contributed by atoms with Crippen molar-refractivity contribution in [2.75, 3.05) is 20.1 Å². The number of carbonyl (C=O) groups excluding carboxylic acids is 2. The topological polar surface area (TPSA) is 92.2 Å². The van der Waals surface area contributed by atoms with Crippen molar-refractivity contribution in [2.45, 2.75) is 26.1 Å². The summed E-state index contributed by atoms with van der Waals surface area (Å²) in [6, 6.07) is 5.34. The molecule has 8 heteroatoms. The highest BCUT2D eigenvalue weighted by Gasteiger charge is 2.38. The highest BCUT2D eigenvalue weighted by atomic mass is 16.2. The largest absolute Gasteiger partial charge is 0.359 e. The molecule has 2 aromatic heterocycles. The first-order valence-electron chi connectivity index (χ1n) is 8.78. The van der Waals surface area contributed by atoms with Crippen LogP contribution in [0.25, 0.3) is 0 Å². The lowest BCUT2D eigenvalue weighted by molar-refractivity contribution is -0.124. The number of aryl methyl sites for hydroxylation is 1. The Bertz CT molecular complexity index is 760. The molecule has 2 amide bonds. The second-order valence-electron chi connectivity index (χ2n) is 6.39. The van der Waals surface area contributed by atoms with E-state index in [0.717, 1.165) is 5.56 Å². The van der Waals surface area contributed by atoms with E-state index in [1.54, 1.807) is 30.2 Å². The molecule has 138 valence electrons. The molecule has 0 bridgehead atoms. The fraction of sp³-hybridized carbons (Fsp3) is 0.444. The van der Waals surface area contributed by atoms with E-state index in [2.05, 4.69) is 25.6 Å². The Labute approximate surface area is 152 Å². The standard InChI is InChI=1S/C18H24N6O2/c1-3-24-16(6-8-21-24)18(26)22-15-12-23(11-14(15)17(25)19-2)10-13-5-4-7-20-9-13/h4-9,14-15H,3,10-12H2,1-2H3,(H,19,25)(H,22,26). The minimum absolute atomic E-state index is 0.0621. The van der Waals surface area contributed by atoms with E-state index < -0.39 is 0 Å². The van der Waals surface area contributed by atoms with Gasteiger partial charge in [-0.1, -0.05) is 6.07 Å². The molecular formula is C18H24N6O2. The molecular weight excluding hydrogens is 332 g/mol. The third-order valence-electron chi connectivity index (χ3n) is 4.67. The monoisotopic (exact) mass is 356 g/mol. The number of rotatable bonds is 6. The van der Waals surface area contributed by atoms with Crippen LogP contribution in [0.4, 0.5) is 0 Å². The van der Waals surface area contributed by atoms with Crippen LogP contribution >= 0.6 is 0 Å². The van der Waals surface area contributed by atoms with Crippen molar-refractivity contribution < 1.29 is 9.59 Å². The average molecular weight is 356 g/mol. The van der Waals surface area contributed by atoms with Gasteiger partial charge in [-0.25, -0.2) is 0 Å². The fourth-order valence-corrected chi connectivity index (χ4v) is 3.38. The second-order valence-corrected chi connectivity index (χ2v) is 6.39. The van der Waals surface area contributed by atoms with E-state index in [1.807, 2.05) is 25.3 Å². The number of carbonyl (C=O) groups is 2. The van der Waals surface area contributed by atoms with Crippen LogP contribution in [0.15, 0.2) is 36.8 Å². The van der Waals surface area contributed by atoms with Gasteiger partial charge >= 0.3 is 0 Å². The molecule has 1 fully saturated rings. The first-order chi connectivity index (χ1) is 12.6. The van der Waals surface area contributed by atoms with Gasteiger partial charge in [0.25, 0.3) is 5.91 Å². The maximum atomic E-state index is 12.6. The van der Waals surface area contributed by atoms with E-state index in [1.165, 1.54) is 0 Å². The summed E-state index contributed by atoms with van der Waals surface area (Å²) in [5.41, 5.74) is 1.59. The zero-order valence-corrected chi connectivity index (χ0v) is 15.1. The van der Waals surface area contributed by atoms with Crippen molar-refractivity contribution in [3.63, 3.8) is 0 Å². The maximum Gasteiger partial charge on any atom is 0.269 e. The van der Waals surface area contributed by atoms with Crippen LogP contribution in [0, 0.1) is 5.92 Å². The molecule has 3 rings (SSSR count). The Balaban J connectivity index is 1.71. The number of nitrogens with zero attached hydrogens (tertiary/aromatic N) is 4. The number of likely N-dealkylation sites (tertiary alicyclic amines) is 1. The number of amides is 2. The van der Waals surface area contributed by atoms with Crippen LogP contribution in [-0.2, 0) is 17.9 Å². The predicted molar refractivity (Wildman–Crippen MR) is 96.2 cm³/mol. The van der Waals surface area contributed by atoms with Crippen LogP contribution in [0.5, 0.6) is 0 Å². The summed E-state index contributed by atoms with van der Waals surface area (Å²) in [5.74, 6) is -0.557. The average Bonchev–Trinajstić information content (AvgIpc) is 3.28. The van der Waals surface area contributed by atoms with Gasteiger partial charge in [0, 0.05) is 51.8 Å². The van der Waals surface area contributed by atoms with Gasteiger partial charge in [-0.3, -0.25) is 24.2 Å². The normalized spacial score (nSPS) is 20.1. The molecule has 0 saturated carbocycles. The number of pyridine rings is 1. The highest BCUT2D eigenvalue weighted by molar-refractivity contribution is 5.93. The van der Waals surface area contributed by atoms with Gasteiger partial charge in [0.1, 0.15) is 5.69 Å². The number of nitrogens with one attached hydrogen (secondary N) is 2. The number of aromatic nitrogens is 3. The second kappa shape index (κ2) is 8.09. The molecule has 2 atom stereocenters. The predicted octanol–water partition coefficient (Wildman–Crippen LogP) is 0.274. The molecule has 0 aliphatic carbocycles. The molecule has 26 heavy (non-hydrogen) atoms. The first kappa shape index (κ1) is 18.1. The van der Waals surface area contributed by atoms with Gasteiger partial charge in [0.05, 0.1) is 12.0 Å². The lowest BCUT2D eigenvalue weighted by Gasteiger charge is -2.19. The third-order valence-corrected chi connectivity index (χ3v) is 4.67. The Hall–Kier alpha value is -2.74. The Morgan fingerprint density at radius 2 is 2.12 bits per heavy atom. The molecule has 1 saturated heterocycles. The van der Waals surface area contributed by atoms with Crippen LogP contribution in [0.3, 0.4) is 0 Å². The molecule has 8 nitrogen and oxygen atoms in total. The van der Waals surface area contributed by atoms with E-state index in [9.17, 15) is 9.59 Å². The quantitative estimate of drug-likeness (QED) is 0.775. The van der Waals surface area contributed by atoms with Gasteiger partial charge in [0.15, 0.2) is 0 Å². The van der Waals surface area contributed by atoms with Gasteiger partial charge in [-0.15, -0.1) is 0 Å². The molecule has 2 N–H and O–H groups in total. The van der Waals surface area contributed by atoms with Crippen molar-refractivity contribution >= 4 is 11.8 Å². The Morgan fingerprint density at radius 3 is 2.81 bits per heavy atom. The lowest BCUT2D eigenvalue weighted by Crippen LogP contribution is -2.46. The summed E-state index contributed by atoms with van der Waals surface area (Å²) in [4.78, 5) is 31.2. The SMILES string of the molecule is CCn1nccc1C(=O)NC1CN(Cc2cccnc2)CC1C(=O)NC. The van der Waals surface area contributed by atoms with Gasteiger partial charge < -0.3 is 10.6 Å². The molecule has 2 unspecified atom stereocenters. The number of hydrogen-bond donors (Lipinski definition) is 2. The summed E-state index contributed by atoms with van der Waals surface area (Å²) in [6.07, 6.45) is 5.17. The maximum absolute atomic E-state index is 12.6. The minimum Gasteiger partial charge on any atom is -0.359 e. The van der Waals surface area contributed by atoms with Crippen molar-refractivity contribution in [2.24, 2.45) is 5.92 Å². The molecule has 0 aromatic carbocycles.